The van der Waals surface area contributed by atoms with E-state index in [1.165, 1.54) is 4.90 Å². The summed E-state index contributed by atoms with van der Waals surface area (Å²) in [6.45, 7) is 0.885. The third-order valence-corrected chi connectivity index (χ3v) is 7.02. The van der Waals surface area contributed by atoms with Crippen LogP contribution >= 0.6 is 0 Å². The van der Waals surface area contributed by atoms with Gasteiger partial charge in [0.15, 0.2) is 5.82 Å². The molecule has 188 valence electrons. The van der Waals surface area contributed by atoms with E-state index < -0.39 is 12.0 Å². The molecule has 1 aliphatic heterocycles. The van der Waals surface area contributed by atoms with Gasteiger partial charge in [0.2, 0.25) is 0 Å². The highest BCUT2D eigenvalue weighted by atomic mass is 19.3. The van der Waals surface area contributed by atoms with Crippen LogP contribution in [-0.2, 0) is 13.1 Å². The van der Waals surface area contributed by atoms with E-state index in [9.17, 15) is 13.6 Å². The number of anilines is 2. The van der Waals surface area contributed by atoms with E-state index in [0.29, 0.717) is 24.7 Å². The molecule has 10 heteroatoms. The Morgan fingerprint density at radius 3 is 2.54 bits per heavy atom. The Bertz CT molecular complexity index is 1430. The summed E-state index contributed by atoms with van der Waals surface area (Å²) >= 11 is 0. The molecule has 1 aliphatic carbocycles. The van der Waals surface area contributed by atoms with Crippen LogP contribution in [0.3, 0.4) is 0 Å². The lowest BCUT2D eigenvalue weighted by molar-refractivity contribution is -0.113. The fourth-order valence-corrected chi connectivity index (χ4v) is 4.82. The van der Waals surface area contributed by atoms with Gasteiger partial charge in [-0.3, -0.25) is 5.10 Å². The predicted molar refractivity (Wildman–Crippen MR) is 135 cm³/mol. The molecule has 6 rings (SSSR count). The number of hydrogen-bond donors (Lipinski definition) is 2. The molecule has 2 N–H and O–H groups in total. The van der Waals surface area contributed by atoms with E-state index in [1.54, 1.807) is 30.4 Å². The Kier molecular flexibility index (Phi) is 5.58. The second-order valence-corrected chi connectivity index (χ2v) is 9.61. The largest absolute Gasteiger partial charge is 0.340 e. The monoisotopic (exact) mass is 501 g/mol. The number of aromatic nitrogens is 4. The van der Waals surface area contributed by atoms with Crippen LogP contribution in [0.1, 0.15) is 24.0 Å². The Hall–Kier alpha value is -4.34. The molecule has 1 saturated carbocycles. The fourth-order valence-electron chi connectivity index (χ4n) is 4.82. The van der Waals surface area contributed by atoms with Crippen LogP contribution in [0.4, 0.5) is 25.1 Å². The van der Waals surface area contributed by atoms with Crippen molar-refractivity contribution in [3.05, 3.63) is 78.2 Å². The zero-order chi connectivity index (χ0) is 25.6. The van der Waals surface area contributed by atoms with Gasteiger partial charge >= 0.3 is 6.03 Å². The summed E-state index contributed by atoms with van der Waals surface area (Å²) in [6.07, 6.45) is 4.79. The number of carbonyl (C=O) groups excluding carboxylic acids is 1. The van der Waals surface area contributed by atoms with Crippen LogP contribution in [-0.4, -0.2) is 55.0 Å². The molecule has 0 radical (unpaired) electrons. The number of halogens is 2. The molecule has 2 amide bonds. The summed E-state index contributed by atoms with van der Waals surface area (Å²) in [5, 5.41) is 10.1. The fraction of sp³-hybridized carbons (Fsp3) is 0.259. The Morgan fingerprint density at radius 1 is 1.05 bits per heavy atom. The van der Waals surface area contributed by atoms with Crippen LogP contribution in [0.15, 0.2) is 67.1 Å². The molecule has 2 aromatic carbocycles. The topological polar surface area (TPSA) is 90.0 Å². The summed E-state index contributed by atoms with van der Waals surface area (Å²) in [7, 11) is 1.61. The summed E-state index contributed by atoms with van der Waals surface area (Å²) < 4.78 is 26.5. The molecule has 37 heavy (non-hydrogen) atoms. The Labute approximate surface area is 212 Å². The van der Waals surface area contributed by atoms with E-state index in [4.69, 9.17) is 0 Å². The third kappa shape index (κ3) is 4.62. The van der Waals surface area contributed by atoms with E-state index in [0.717, 1.165) is 33.5 Å². The van der Waals surface area contributed by atoms with Crippen molar-refractivity contribution in [3.63, 3.8) is 0 Å². The lowest BCUT2D eigenvalue weighted by Crippen LogP contribution is -2.53. The highest BCUT2D eigenvalue weighted by Crippen LogP contribution is 2.40. The highest BCUT2D eigenvalue weighted by Gasteiger charge is 2.48. The number of amides is 2. The number of aromatic amines is 1. The average molecular weight is 502 g/mol. The van der Waals surface area contributed by atoms with Crippen molar-refractivity contribution in [1.29, 1.82) is 0 Å². The minimum atomic E-state index is -2.66. The van der Waals surface area contributed by atoms with Crippen LogP contribution in [0.25, 0.3) is 22.5 Å². The maximum Gasteiger partial charge on any atom is 0.320 e. The molecular formula is C27H25F2N7O. The predicted octanol–water partition coefficient (Wildman–Crippen LogP) is 5.44. The molecule has 0 saturated heterocycles. The number of nitrogens with zero attached hydrogens (tertiary/aromatic N) is 5. The average Bonchev–Trinajstić information content (AvgIpc) is 3.57. The van der Waals surface area contributed by atoms with Crippen LogP contribution in [0, 0.1) is 0 Å². The zero-order valence-electron chi connectivity index (χ0n) is 20.2. The van der Waals surface area contributed by atoms with E-state index in [2.05, 4.69) is 25.5 Å². The first-order valence-electron chi connectivity index (χ1n) is 12.1. The quantitative estimate of drug-likeness (QED) is 0.380. The SMILES string of the molecule is CN(C(=O)N1Cc2ccc(-c3nccc(Nc4ccc(-c5cn[nH]c5)cc4)n3)cc2C1)C1CC(F)(F)C1. The van der Waals surface area contributed by atoms with Gasteiger partial charge in [0, 0.05) is 68.2 Å². The third-order valence-electron chi connectivity index (χ3n) is 7.02. The number of alkyl halides is 2. The molecule has 2 aliphatic rings. The molecule has 3 heterocycles. The molecule has 0 bridgehead atoms. The van der Waals surface area contributed by atoms with Crippen LogP contribution in [0.2, 0.25) is 0 Å². The summed E-state index contributed by atoms with van der Waals surface area (Å²) in [4.78, 5) is 25.1. The molecule has 0 atom stereocenters. The highest BCUT2D eigenvalue weighted by molar-refractivity contribution is 5.76. The maximum absolute atomic E-state index is 13.3. The van der Waals surface area contributed by atoms with Crippen molar-refractivity contribution in [2.75, 3.05) is 12.4 Å². The molecule has 1 fully saturated rings. The zero-order valence-corrected chi connectivity index (χ0v) is 20.2. The van der Waals surface area contributed by atoms with Crippen molar-refractivity contribution >= 4 is 17.5 Å². The lowest BCUT2D eigenvalue weighted by atomic mass is 9.87. The van der Waals surface area contributed by atoms with Gasteiger partial charge < -0.3 is 15.1 Å². The number of carbonyl (C=O) groups is 1. The van der Waals surface area contributed by atoms with Crippen molar-refractivity contribution in [2.24, 2.45) is 0 Å². The van der Waals surface area contributed by atoms with Gasteiger partial charge in [0.25, 0.3) is 5.92 Å². The standard InChI is InChI=1S/C27H25F2N7O/c1-35(23-11-27(28,29)12-23)26(37)36-15-19-3-2-18(10-20(19)16-36)25-30-9-8-24(34-25)33-22-6-4-17(5-7-22)21-13-31-32-14-21/h2-10,13-14,23H,11-12,15-16H2,1H3,(H,31,32)(H,30,33,34). The number of fused-ring (bicyclic) bond motifs is 1. The molecule has 2 aromatic heterocycles. The van der Waals surface area contributed by atoms with E-state index in [-0.39, 0.29) is 18.9 Å². The van der Waals surface area contributed by atoms with Crippen molar-refractivity contribution in [3.8, 4) is 22.5 Å². The maximum atomic E-state index is 13.3. The van der Waals surface area contributed by atoms with E-state index in [1.807, 2.05) is 48.7 Å². The second-order valence-electron chi connectivity index (χ2n) is 9.61. The Balaban J connectivity index is 1.14. The number of benzene rings is 2. The van der Waals surface area contributed by atoms with Gasteiger partial charge in [0.05, 0.1) is 6.20 Å². The molecular weight excluding hydrogens is 476 g/mol. The number of rotatable bonds is 5. The second kappa shape index (κ2) is 8.95. The first kappa shape index (κ1) is 23.1. The number of hydrogen-bond acceptors (Lipinski definition) is 5. The summed E-state index contributed by atoms with van der Waals surface area (Å²) in [6, 6.07) is 15.1. The van der Waals surface area contributed by atoms with Crippen molar-refractivity contribution in [1.82, 2.24) is 30.0 Å². The normalized spacial score (nSPS) is 16.2. The van der Waals surface area contributed by atoms with Gasteiger partial charge in [-0.1, -0.05) is 24.3 Å². The van der Waals surface area contributed by atoms with Crippen LogP contribution in [0.5, 0.6) is 0 Å². The van der Waals surface area contributed by atoms with Gasteiger partial charge in [0.1, 0.15) is 5.82 Å². The minimum absolute atomic E-state index is 0.223. The van der Waals surface area contributed by atoms with Gasteiger partial charge in [-0.15, -0.1) is 0 Å². The molecule has 0 spiro atoms. The molecule has 0 unspecified atom stereocenters. The minimum Gasteiger partial charge on any atom is -0.340 e. The van der Waals surface area contributed by atoms with Crippen molar-refractivity contribution < 1.29 is 13.6 Å². The Morgan fingerprint density at radius 2 is 1.81 bits per heavy atom. The first-order valence-corrected chi connectivity index (χ1v) is 12.1. The lowest BCUT2D eigenvalue weighted by Gasteiger charge is -2.41. The summed E-state index contributed by atoms with van der Waals surface area (Å²) in [5.74, 6) is -1.42. The van der Waals surface area contributed by atoms with Gasteiger partial charge in [-0.05, 0) is 41.0 Å². The molecule has 8 nitrogen and oxygen atoms in total. The molecule has 4 aromatic rings. The number of nitrogens with one attached hydrogen (secondary N) is 2. The number of urea groups is 1. The van der Waals surface area contributed by atoms with E-state index >= 15 is 0 Å². The van der Waals surface area contributed by atoms with Gasteiger partial charge in [-0.2, -0.15) is 5.10 Å². The van der Waals surface area contributed by atoms with Crippen molar-refractivity contribution in [2.45, 2.75) is 37.9 Å². The smallest absolute Gasteiger partial charge is 0.320 e. The summed E-state index contributed by atoms with van der Waals surface area (Å²) in [5.41, 5.74) is 5.87. The van der Waals surface area contributed by atoms with Gasteiger partial charge in [-0.25, -0.2) is 23.5 Å². The van der Waals surface area contributed by atoms with Crippen LogP contribution < -0.4 is 5.32 Å². The first-order chi connectivity index (χ1) is 17.8. The number of H-pyrrole nitrogens is 1.